The highest BCUT2D eigenvalue weighted by Gasteiger charge is 2.31. The van der Waals surface area contributed by atoms with Crippen LogP contribution in [0.5, 0.6) is 0 Å². The number of hydrogen-bond acceptors (Lipinski definition) is 7. The molecule has 0 aromatic heterocycles. The molecule has 0 saturated carbocycles. The van der Waals surface area contributed by atoms with Crippen LogP contribution >= 0.6 is 0 Å². The van der Waals surface area contributed by atoms with Crippen LogP contribution < -0.4 is 21.7 Å². The molecule has 0 saturated heterocycles. The molecule has 37 heavy (non-hydrogen) atoms. The molecule has 0 aliphatic rings. The lowest BCUT2D eigenvalue weighted by atomic mass is 10.0. The first-order valence-electron chi connectivity index (χ1n) is 11.4. The first-order valence-corrected chi connectivity index (χ1v) is 11.4. The summed E-state index contributed by atoms with van der Waals surface area (Å²) in [5.41, 5.74) is 6.74. The molecule has 4 unspecified atom stereocenters. The van der Waals surface area contributed by atoms with Crippen LogP contribution in [-0.4, -0.2) is 75.8 Å². The fourth-order valence-electron chi connectivity index (χ4n) is 3.40. The van der Waals surface area contributed by atoms with Crippen LogP contribution in [0, 0.1) is 0 Å². The Balaban J connectivity index is 2.25. The lowest BCUT2D eigenvalue weighted by Gasteiger charge is -2.24. The minimum absolute atomic E-state index is 0.00926. The number of carboxylic acids is 2. The first kappa shape index (κ1) is 28.9. The molecule has 8 N–H and O–H groups in total. The minimum Gasteiger partial charge on any atom is -0.481 e. The standard InChI is InChI=1S/C25H30N4O8/c26-17(14-30)22(33)27-19(13-21(31)32)24(35)28-18(11-15-7-3-1-4-8-15)23(34)29-20(25(36)37)12-16-9-5-2-6-10-16/h1-10,17-20,30H,11-14,26H2,(H,27,33)(H,28,35)(H,29,34)(H,31,32)(H,36,37). The summed E-state index contributed by atoms with van der Waals surface area (Å²) in [5.74, 6) is -5.45. The molecule has 0 heterocycles. The van der Waals surface area contributed by atoms with Crippen LogP contribution in [0.3, 0.4) is 0 Å². The van der Waals surface area contributed by atoms with Gasteiger partial charge in [-0.1, -0.05) is 60.7 Å². The van der Waals surface area contributed by atoms with Gasteiger partial charge in [0.25, 0.3) is 0 Å². The second kappa shape index (κ2) is 14.3. The van der Waals surface area contributed by atoms with Crippen LogP contribution in [0.1, 0.15) is 17.5 Å². The second-order valence-corrected chi connectivity index (χ2v) is 8.29. The van der Waals surface area contributed by atoms with E-state index in [1.807, 2.05) is 0 Å². The zero-order chi connectivity index (χ0) is 27.4. The van der Waals surface area contributed by atoms with Crippen LogP contribution in [0.2, 0.25) is 0 Å². The number of nitrogens with one attached hydrogen (secondary N) is 3. The Bertz CT molecular complexity index is 1080. The van der Waals surface area contributed by atoms with E-state index in [1.165, 1.54) is 0 Å². The van der Waals surface area contributed by atoms with Crippen molar-refractivity contribution >= 4 is 29.7 Å². The van der Waals surface area contributed by atoms with Crippen molar-refractivity contribution in [2.75, 3.05) is 6.61 Å². The van der Waals surface area contributed by atoms with E-state index >= 15 is 0 Å². The molecule has 12 nitrogen and oxygen atoms in total. The summed E-state index contributed by atoms with van der Waals surface area (Å²) in [4.78, 5) is 61.3. The number of nitrogens with two attached hydrogens (primary N) is 1. The number of aliphatic hydroxyl groups excluding tert-OH is 1. The van der Waals surface area contributed by atoms with E-state index in [0.29, 0.717) is 11.1 Å². The monoisotopic (exact) mass is 514 g/mol. The molecule has 4 atom stereocenters. The van der Waals surface area contributed by atoms with E-state index < -0.39 is 66.9 Å². The quantitative estimate of drug-likeness (QED) is 0.161. The normalized spacial score (nSPS) is 13.9. The molecule has 3 amide bonds. The van der Waals surface area contributed by atoms with Crippen LogP contribution in [-0.2, 0) is 36.8 Å². The third-order valence-corrected chi connectivity index (χ3v) is 5.36. The SMILES string of the molecule is NC(CO)C(=O)NC(CC(=O)O)C(=O)NC(Cc1ccccc1)C(=O)NC(Cc1ccccc1)C(=O)O. The summed E-state index contributed by atoms with van der Waals surface area (Å²) in [6.45, 7) is -0.732. The van der Waals surface area contributed by atoms with Crippen LogP contribution in [0.25, 0.3) is 0 Å². The van der Waals surface area contributed by atoms with Crippen LogP contribution in [0.4, 0.5) is 0 Å². The molecule has 12 heteroatoms. The van der Waals surface area contributed by atoms with E-state index in [4.69, 9.17) is 10.8 Å². The molecule has 2 aromatic rings. The number of rotatable bonds is 14. The minimum atomic E-state index is -1.60. The molecular weight excluding hydrogens is 484 g/mol. The highest BCUT2D eigenvalue weighted by Crippen LogP contribution is 2.08. The Labute approximate surface area is 212 Å². The van der Waals surface area contributed by atoms with E-state index in [0.717, 1.165) is 0 Å². The molecule has 0 aliphatic heterocycles. The van der Waals surface area contributed by atoms with Crippen molar-refractivity contribution in [3.05, 3.63) is 71.8 Å². The summed E-state index contributed by atoms with van der Waals surface area (Å²) in [5, 5.41) is 34.9. The van der Waals surface area contributed by atoms with E-state index in [1.54, 1.807) is 60.7 Å². The van der Waals surface area contributed by atoms with Gasteiger partial charge in [-0.25, -0.2) is 4.79 Å². The predicted molar refractivity (Wildman–Crippen MR) is 131 cm³/mol. The Kier molecular flexibility index (Phi) is 11.2. The summed E-state index contributed by atoms with van der Waals surface area (Å²) in [7, 11) is 0. The molecule has 0 bridgehead atoms. The molecule has 0 aliphatic carbocycles. The van der Waals surface area contributed by atoms with Crippen molar-refractivity contribution in [1.29, 1.82) is 0 Å². The molecule has 198 valence electrons. The predicted octanol–water partition coefficient (Wildman–Crippen LogP) is -1.19. The highest BCUT2D eigenvalue weighted by molar-refractivity contribution is 5.95. The zero-order valence-electron chi connectivity index (χ0n) is 19.9. The van der Waals surface area contributed by atoms with Crippen molar-refractivity contribution in [3.8, 4) is 0 Å². The van der Waals surface area contributed by atoms with Crippen molar-refractivity contribution in [3.63, 3.8) is 0 Å². The number of aliphatic hydroxyl groups is 1. The van der Waals surface area contributed by atoms with Gasteiger partial charge in [0.05, 0.1) is 13.0 Å². The van der Waals surface area contributed by atoms with E-state index in [-0.39, 0.29) is 12.8 Å². The third-order valence-electron chi connectivity index (χ3n) is 5.36. The molecule has 0 radical (unpaired) electrons. The maximum absolute atomic E-state index is 13.2. The van der Waals surface area contributed by atoms with Gasteiger partial charge in [-0.2, -0.15) is 0 Å². The van der Waals surface area contributed by atoms with Gasteiger partial charge in [-0.15, -0.1) is 0 Å². The number of amides is 3. The number of carbonyl (C=O) groups is 5. The maximum atomic E-state index is 13.2. The highest BCUT2D eigenvalue weighted by atomic mass is 16.4. The van der Waals surface area contributed by atoms with E-state index in [2.05, 4.69) is 16.0 Å². The largest absolute Gasteiger partial charge is 0.481 e. The number of carbonyl (C=O) groups excluding carboxylic acids is 3. The summed E-state index contributed by atoms with van der Waals surface area (Å²) in [6, 6.07) is 11.6. The van der Waals surface area contributed by atoms with Crippen molar-refractivity contribution in [1.82, 2.24) is 16.0 Å². The Hall–Kier alpha value is -4.29. The number of aliphatic carboxylic acids is 2. The Morgan fingerprint density at radius 1 is 0.676 bits per heavy atom. The van der Waals surface area contributed by atoms with Gasteiger partial charge in [-0.3, -0.25) is 19.2 Å². The van der Waals surface area contributed by atoms with Crippen molar-refractivity contribution in [2.24, 2.45) is 5.73 Å². The van der Waals surface area contributed by atoms with Crippen molar-refractivity contribution < 1.29 is 39.3 Å². The molecule has 0 fully saturated rings. The topological polar surface area (TPSA) is 208 Å². The van der Waals surface area contributed by atoms with Gasteiger partial charge in [0, 0.05) is 12.8 Å². The molecule has 0 spiro atoms. The van der Waals surface area contributed by atoms with Gasteiger partial charge < -0.3 is 37.0 Å². The number of benzene rings is 2. The van der Waals surface area contributed by atoms with Crippen molar-refractivity contribution in [2.45, 2.75) is 43.4 Å². The number of hydrogen-bond donors (Lipinski definition) is 7. The van der Waals surface area contributed by atoms with Gasteiger partial charge >= 0.3 is 11.9 Å². The lowest BCUT2D eigenvalue weighted by Crippen LogP contribution is -2.58. The lowest BCUT2D eigenvalue weighted by molar-refractivity contribution is -0.143. The Morgan fingerprint density at radius 2 is 1.11 bits per heavy atom. The summed E-state index contributed by atoms with van der Waals surface area (Å²) < 4.78 is 0. The second-order valence-electron chi connectivity index (χ2n) is 8.29. The number of carboxylic acid groups (broad SMARTS) is 2. The first-order chi connectivity index (χ1) is 17.6. The average Bonchev–Trinajstić information content (AvgIpc) is 2.87. The maximum Gasteiger partial charge on any atom is 0.326 e. The zero-order valence-corrected chi connectivity index (χ0v) is 19.9. The Morgan fingerprint density at radius 3 is 1.57 bits per heavy atom. The average molecular weight is 515 g/mol. The fourth-order valence-corrected chi connectivity index (χ4v) is 3.40. The fraction of sp³-hybridized carbons (Fsp3) is 0.320. The van der Waals surface area contributed by atoms with Gasteiger partial charge in [-0.05, 0) is 11.1 Å². The van der Waals surface area contributed by atoms with E-state index in [9.17, 15) is 34.2 Å². The molecule has 2 rings (SSSR count). The third kappa shape index (κ3) is 9.70. The summed E-state index contributed by atoms with van der Waals surface area (Å²) >= 11 is 0. The van der Waals surface area contributed by atoms with Crippen LogP contribution in [0.15, 0.2) is 60.7 Å². The molecular formula is C25H30N4O8. The molecule has 2 aromatic carbocycles. The summed E-state index contributed by atoms with van der Waals surface area (Å²) in [6.07, 6.45) is -0.869. The van der Waals surface area contributed by atoms with Gasteiger partial charge in [0.1, 0.15) is 24.2 Å². The smallest absolute Gasteiger partial charge is 0.326 e. The van der Waals surface area contributed by atoms with Gasteiger partial charge in [0.2, 0.25) is 17.7 Å². The van der Waals surface area contributed by atoms with Gasteiger partial charge in [0.15, 0.2) is 0 Å².